The number of anilines is 1. The molecule has 1 fully saturated rings. The Morgan fingerprint density at radius 2 is 2.19 bits per heavy atom. The molecule has 1 saturated heterocycles. The SMILES string of the molecule is CNC(=O)C1CCCN(S(=O)(=O)c2ccc(N)cc2Cl)C1. The molecule has 6 nitrogen and oxygen atoms in total. The molecule has 1 atom stereocenters. The summed E-state index contributed by atoms with van der Waals surface area (Å²) in [6, 6.07) is 4.31. The van der Waals surface area contributed by atoms with Gasteiger partial charge in [-0.15, -0.1) is 0 Å². The topological polar surface area (TPSA) is 92.5 Å². The van der Waals surface area contributed by atoms with Crippen LogP contribution in [0.25, 0.3) is 0 Å². The van der Waals surface area contributed by atoms with Crippen LogP contribution in [-0.2, 0) is 14.8 Å². The van der Waals surface area contributed by atoms with Gasteiger partial charge in [0.05, 0.1) is 10.9 Å². The van der Waals surface area contributed by atoms with Crippen LogP contribution in [0.5, 0.6) is 0 Å². The first-order chi connectivity index (χ1) is 9.86. The Morgan fingerprint density at radius 1 is 1.48 bits per heavy atom. The van der Waals surface area contributed by atoms with E-state index in [9.17, 15) is 13.2 Å². The monoisotopic (exact) mass is 331 g/mol. The van der Waals surface area contributed by atoms with Crippen molar-refractivity contribution in [1.29, 1.82) is 0 Å². The third kappa shape index (κ3) is 3.30. The molecular formula is C13H18ClN3O3S. The lowest BCUT2D eigenvalue weighted by Crippen LogP contribution is -2.44. The molecule has 1 aliphatic rings. The molecule has 116 valence electrons. The van der Waals surface area contributed by atoms with E-state index >= 15 is 0 Å². The minimum absolute atomic E-state index is 0.0240. The predicted molar refractivity (Wildman–Crippen MR) is 81.4 cm³/mol. The number of sulfonamides is 1. The van der Waals surface area contributed by atoms with Crippen molar-refractivity contribution in [2.45, 2.75) is 17.7 Å². The zero-order valence-corrected chi connectivity index (χ0v) is 13.2. The highest BCUT2D eigenvalue weighted by molar-refractivity contribution is 7.89. The van der Waals surface area contributed by atoms with Crippen LogP contribution in [0.4, 0.5) is 5.69 Å². The molecule has 0 radical (unpaired) electrons. The number of rotatable bonds is 3. The van der Waals surface area contributed by atoms with E-state index < -0.39 is 10.0 Å². The van der Waals surface area contributed by atoms with Gasteiger partial charge in [0, 0.05) is 25.8 Å². The number of amides is 1. The lowest BCUT2D eigenvalue weighted by Gasteiger charge is -2.31. The lowest BCUT2D eigenvalue weighted by molar-refractivity contribution is -0.125. The van der Waals surface area contributed by atoms with Crippen LogP contribution < -0.4 is 11.1 Å². The fraction of sp³-hybridized carbons (Fsp3) is 0.462. The molecule has 1 aromatic carbocycles. The fourth-order valence-corrected chi connectivity index (χ4v) is 4.49. The summed E-state index contributed by atoms with van der Waals surface area (Å²) in [6.07, 6.45) is 1.32. The Hall–Kier alpha value is -1.31. The van der Waals surface area contributed by atoms with Gasteiger partial charge in [-0.05, 0) is 31.0 Å². The average Bonchev–Trinajstić information content (AvgIpc) is 2.46. The molecule has 0 saturated carbocycles. The molecule has 21 heavy (non-hydrogen) atoms. The number of nitrogen functional groups attached to an aromatic ring is 1. The second-order valence-corrected chi connectivity index (χ2v) is 7.32. The van der Waals surface area contributed by atoms with Crippen LogP contribution in [0, 0.1) is 5.92 Å². The van der Waals surface area contributed by atoms with Crippen molar-refractivity contribution in [1.82, 2.24) is 9.62 Å². The van der Waals surface area contributed by atoms with Gasteiger partial charge in [-0.25, -0.2) is 8.42 Å². The van der Waals surface area contributed by atoms with Crippen molar-refractivity contribution in [3.63, 3.8) is 0 Å². The summed E-state index contributed by atoms with van der Waals surface area (Å²) < 4.78 is 26.6. The number of benzene rings is 1. The zero-order valence-electron chi connectivity index (χ0n) is 11.7. The molecule has 2 rings (SSSR count). The quantitative estimate of drug-likeness (QED) is 0.810. The normalized spacial score (nSPS) is 20.2. The van der Waals surface area contributed by atoms with Crippen molar-refractivity contribution in [3.8, 4) is 0 Å². The molecule has 0 bridgehead atoms. The molecular weight excluding hydrogens is 314 g/mol. The molecule has 1 aliphatic heterocycles. The Bertz CT molecular complexity index is 648. The Kier molecular flexibility index (Phi) is 4.75. The minimum atomic E-state index is -3.72. The van der Waals surface area contributed by atoms with Gasteiger partial charge < -0.3 is 11.1 Å². The van der Waals surface area contributed by atoms with Crippen LogP contribution >= 0.6 is 11.6 Å². The highest BCUT2D eigenvalue weighted by atomic mass is 35.5. The first-order valence-corrected chi connectivity index (χ1v) is 8.45. The van der Waals surface area contributed by atoms with E-state index in [2.05, 4.69) is 5.32 Å². The number of piperidine rings is 1. The molecule has 0 aromatic heterocycles. The smallest absolute Gasteiger partial charge is 0.244 e. The maximum absolute atomic E-state index is 12.6. The van der Waals surface area contributed by atoms with Gasteiger partial charge in [0.25, 0.3) is 0 Å². The van der Waals surface area contributed by atoms with Crippen LogP contribution in [0.15, 0.2) is 23.1 Å². The van der Waals surface area contributed by atoms with Crippen molar-refractivity contribution < 1.29 is 13.2 Å². The molecule has 1 amide bonds. The Labute approximate surface area is 129 Å². The van der Waals surface area contributed by atoms with Crippen molar-refractivity contribution in [2.75, 3.05) is 25.9 Å². The molecule has 8 heteroatoms. The first kappa shape index (κ1) is 16.1. The number of nitrogens with two attached hydrogens (primary N) is 1. The molecule has 1 heterocycles. The van der Waals surface area contributed by atoms with Crippen molar-refractivity contribution in [3.05, 3.63) is 23.2 Å². The minimum Gasteiger partial charge on any atom is -0.399 e. The van der Waals surface area contributed by atoms with Crippen LogP contribution in [0.1, 0.15) is 12.8 Å². The van der Waals surface area contributed by atoms with E-state index in [1.807, 2.05) is 0 Å². The predicted octanol–water partition coefficient (Wildman–Crippen LogP) is 1.07. The van der Waals surface area contributed by atoms with E-state index in [1.165, 1.54) is 22.5 Å². The molecule has 0 aliphatic carbocycles. The summed E-state index contributed by atoms with van der Waals surface area (Å²) in [4.78, 5) is 11.7. The Balaban J connectivity index is 2.28. The number of halogens is 1. The van der Waals surface area contributed by atoms with E-state index in [1.54, 1.807) is 7.05 Å². The summed E-state index contributed by atoms with van der Waals surface area (Å²) in [5, 5.41) is 2.66. The fourth-order valence-electron chi connectivity index (χ4n) is 2.44. The second-order valence-electron chi connectivity index (χ2n) is 5.01. The van der Waals surface area contributed by atoms with Crippen LogP contribution in [0.3, 0.4) is 0 Å². The van der Waals surface area contributed by atoms with Crippen molar-refractivity contribution in [2.24, 2.45) is 5.92 Å². The highest BCUT2D eigenvalue weighted by Crippen LogP contribution is 2.29. The third-order valence-electron chi connectivity index (χ3n) is 3.58. The molecule has 1 unspecified atom stereocenters. The van der Waals surface area contributed by atoms with E-state index in [-0.39, 0.29) is 28.3 Å². The summed E-state index contributed by atoms with van der Waals surface area (Å²) >= 11 is 5.99. The van der Waals surface area contributed by atoms with Gasteiger partial charge >= 0.3 is 0 Å². The summed E-state index contributed by atoms with van der Waals surface area (Å²) in [5.41, 5.74) is 5.99. The number of nitrogens with one attached hydrogen (secondary N) is 1. The van der Waals surface area contributed by atoms with Crippen LogP contribution in [0.2, 0.25) is 5.02 Å². The third-order valence-corrected chi connectivity index (χ3v) is 5.92. The average molecular weight is 332 g/mol. The van der Waals surface area contributed by atoms with E-state index in [0.29, 0.717) is 25.1 Å². The van der Waals surface area contributed by atoms with Gasteiger partial charge in [-0.2, -0.15) is 4.31 Å². The number of nitrogens with zero attached hydrogens (tertiary/aromatic N) is 1. The largest absolute Gasteiger partial charge is 0.399 e. The van der Waals surface area contributed by atoms with Crippen LogP contribution in [-0.4, -0.2) is 38.8 Å². The summed E-state index contributed by atoms with van der Waals surface area (Å²) in [7, 11) is -2.17. The maximum atomic E-state index is 12.6. The van der Waals surface area contributed by atoms with Gasteiger partial charge in [0.2, 0.25) is 15.9 Å². The number of carbonyl (C=O) groups excluding carboxylic acids is 1. The van der Waals surface area contributed by atoms with Gasteiger partial charge in [-0.1, -0.05) is 11.6 Å². The molecule has 0 spiro atoms. The maximum Gasteiger partial charge on any atom is 0.244 e. The first-order valence-electron chi connectivity index (χ1n) is 6.63. The lowest BCUT2D eigenvalue weighted by atomic mass is 9.99. The second kappa shape index (κ2) is 6.21. The van der Waals surface area contributed by atoms with Gasteiger partial charge in [0.1, 0.15) is 4.90 Å². The molecule has 3 N–H and O–H groups in total. The summed E-state index contributed by atoms with van der Waals surface area (Å²) in [6.45, 7) is 0.555. The van der Waals surface area contributed by atoms with E-state index in [4.69, 9.17) is 17.3 Å². The number of hydrogen-bond acceptors (Lipinski definition) is 4. The van der Waals surface area contributed by atoms with E-state index in [0.717, 1.165) is 0 Å². The Morgan fingerprint density at radius 3 is 2.81 bits per heavy atom. The zero-order chi connectivity index (χ0) is 15.6. The van der Waals surface area contributed by atoms with Gasteiger partial charge in [0.15, 0.2) is 0 Å². The summed E-state index contributed by atoms with van der Waals surface area (Å²) in [5.74, 6) is -0.468. The number of hydrogen-bond donors (Lipinski definition) is 2. The van der Waals surface area contributed by atoms with Crippen molar-refractivity contribution >= 4 is 33.2 Å². The number of carbonyl (C=O) groups is 1. The highest BCUT2D eigenvalue weighted by Gasteiger charge is 2.33. The van der Waals surface area contributed by atoms with Gasteiger partial charge in [-0.3, -0.25) is 4.79 Å². The standard InChI is InChI=1S/C13H18ClN3O3S/c1-16-13(18)9-3-2-6-17(8-9)21(19,20)12-5-4-10(15)7-11(12)14/h4-5,7,9H,2-3,6,8,15H2,1H3,(H,16,18). The molecule has 1 aromatic rings.